The fraction of sp³-hybridized carbons (Fsp3) is 0.0667. The third-order valence-electron chi connectivity index (χ3n) is 3.06. The number of H-pyrrole nitrogens is 1. The van der Waals surface area contributed by atoms with Gasteiger partial charge in [-0.3, -0.25) is 0 Å². The predicted octanol–water partition coefficient (Wildman–Crippen LogP) is 4.12. The third-order valence-corrected chi connectivity index (χ3v) is 3.06. The van der Waals surface area contributed by atoms with Gasteiger partial charge in [-0.2, -0.15) is 0 Å². The van der Waals surface area contributed by atoms with E-state index in [1.54, 1.807) is 13.2 Å². The van der Waals surface area contributed by atoms with Crippen molar-refractivity contribution in [1.82, 2.24) is 4.98 Å². The molecule has 19 heavy (non-hydrogen) atoms. The number of halogens is 2. The van der Waals surface area contributed by atoms with Crippen LogP contribution >= 0.6 is 0 Å². The Morgan fingerprint density at radius 2 is 1.79 bits per heavy atom. The summed E-state index contributed by atoms with van der Waals surface area (Å²) in [6.07, 6.45) is 0. The van der Waals surface area contributed by atoms with Gasteiger partial charge in [-0.15, -0.1) is 0 Å². The first-order valence-corrected chi connectivity index (χ1v) is 5.79. The van der Waals surface area contributed by atoms with E-state index in [4.69, 9.17) is 4.74 Å². The number of nitrogens with one attached hydrogen (secondary N) is 1. The van der Waals surface area contributed by atoms with Crippen LogP contribution in [0.4, 0.5) is 8.78 Å². The number of benzene rings is 2. The average molecular weight is 259 g/mol. The molecule has 0 fully saturated rings. The molecule has 0 radical (unpaired) electrons. The number of fused-ring (bicyclic) bond motifs is 1. The van der Waals surface area contributed by atoms with Crippen LogP contribution in [-0.2, 0) is 0 Å². The van der Waals surface area contributed by atoms with E-state index in [0.29, 0.717) is 5.56 Å². The van der Waals surface area contributed by atoms with Crippen LogP contribution in [-0.4, -0.2) is 12.1 Å². The van der Waals surface area contributed by atoms with Gasteiger partial charge in [0.2, 0.25) is 0 Å². The Morgan fingerprint density at radius 1 is 0.947 bits per heavy atom. The molecule has 0 spiro atoms. The summed E-state index contributed by atoms with van der Waals surface area (Å²) in [5.41, 5.74) is 2.23. The summed E-state index contributed by atoms with van der Waals surface area (Å²) in [5.74, 6) is -0.957. The number of ether oxygens (including phenoxy) is 1. The molecule has 1 heterocycles. The molecule has 3 rings (SSSR count). The van der Waals surface area contributed by atoms with Crippen molar-refractivity contribution >= 4 is 10.9 Å². The SMILES string of the molecule is COc1ccc2cc(-c3ccc(F)c(F)c3)[nH]c2c1. The lowest BCUT2D eigenvalue weighted by Crippen LogP contribution is -1.85. The maximum absolute atomic E-state index is 13.2. The topological polar surface area (TPSA) is 25.0 Å². The van der Waals surface area contributed by atoms with Gasteiger partial charge < -0.3 is 9.72 Å². The van der Waals surface area contributed by atoms with Gasteiger partial charge in [0.15, 0.2) is 11.6 Å². The second kappa shape index (κ2) is 4.39. The van der Waals surface area contributed by atoms with Gasteiger partial charge in [0, 0.05) is 28.2 Å². The Bertz CT molecular complexity index is 749. The molecule has 0 aliphatic heterocycles. The highest BCUT2D eigenvalue weighted by atomic mass is 19.2. The molecule has 0 aliphatic carbocycles. The molecule has 0 saturated heterocycles. The Morgan fingerprint density at radius 3 is 2.53 bits per heavy atom. The lowest BCUT2D eigenvalue weighted by atomic mass is 10.1. The van der Waals surface area contributed by atoms with Crippen molar-refractivity contribution in [2.24, 2.45) is 0 Å². The van der Waals surface area contributed by atoms with E-state index in [2.05, 4.69) is 4.98 Å². The molecular weight excluding hydrogens is 248 g/mol. The lowest BCUT2D eigenvalue weighted by molar-refractivity contribution is 0.415. The van der Waals surface area contributed by atoms with Crippen LogP contribution in [0.3, 0.4) is 0 Å². The van der Waals surface area contributed by atoms with Gasteiger partial charge in [-0.25, -0.2) is 8.78 Å². The highest BCUT2D eigenvalue weighted by Gasteiger charge is 2.07. The Labute approximate surface area is 108 Å². The molecular formula is C15H11F2NO. The van der Waals surface area contributed by atoms with E-state index >= 15 is 0 Å². The zero-order chi connectivity index (χ0) is 13.4. The highest BCUT2D eigenvalue weighted by molar-refractivity contribution is 5.86. The maximum Gasteiger partial charge on any atom is 0.159 e. The maximum atomic E-state index is 13.2. The Balaban J connectivity index is 2.11. The molecule has 3 aromatic rings. The monoisotopic (exact) mass is 259 g/mol. The second-order valence-electron chi connectivity index (χ2n) is 4.27. The summed E-state index contributed by atoms with van der Waals surface area (Å²) in [5, 5.41) is 0.987. The van der Waals surface area contributed by atoms with Gasteiger partial charge in [-0.1, -0.05) is 0 Å². The molecule has 4 heteroatoms. The van der Waals surface area contributed by atoms with Gasteiger partial charge >= 0.3 is 0 Å². The summed E-state index contributed by atoms with van der Waals surface area (Å²) < 4.78 is 31.3. The van der Waals surface area contributed by atoms with E-state index in [1.807, 2.05) is 24.3 Å². The summed E-state index contributed by atoms with van der Waals surface area (Å²) >= 11 is 0. The van der Waals surface area contributed by atoms with Crippen LogP contribution in [0.2, 0.25) is 0 Å². The summed E-state index contributed by atoms with van der Waals surface area (Å²) in [6, 6.07) is 11.4. The number of aromatic nitrogens is 1. The summed E-state index contributed by atoms with van der Waals surface area (Å²) in [7, 11) is 1.60. The Kier molecular flexibility index (Phi) is 2.71. The number of methoxy groups -OCH3 is 1. The minimum atomic E-state index is -0.853. The lowest BCUT2D eigenvalue weighted by Gasteiger charge is -1.99. The van der Waals surface area contributed by atoms with E-state index in [-0.39, 0.29) is 0 Å². The molecule has 0 atom stereocenters. The number of hydrogen-bond acceptors (Lipinski definition) is 1. The predicted molar refractivity (Wildman–Crippen MR) is 70.2 cm³/mol. The first-order valence-electron chi connectivity index (χ1n) is 5.79. The summed E-state index contributed by atoms with van der Waals surface area (Å²) in [6.45, 7) is 0. The molecule has 0 unspecified atom stereocenters. The van der Waals surface area contributed by atoms with Crippen LogP contribution in [0.1, 0.15) is 0 Å². The van der Waals surface area contributed by atoms with Crippen LogP contribution in [0.15, 0.2) is 42.5 Å². The van der Waals surface area contributed by atoms with E-state index in [9.17, 15) is 8.78 Å². The standard InChI is InChI=1S/C15H11F2NO/c1-19-11-4-2-10-7-14(18-15(10)8-11)9-3-5-12(16)13(17)6-9/h2-8,18H,1H3. The number of aromatic amines is 1. The van der Waals surface area contributed by atoms with E-state index < -0.39 is 11.6 Å². The van der Waals surface area contributed by atoms with Gasteiger partial charge in [0.05, 0.1) is 7.11 Å². The molecule has 2 aromatic carbocycles. The van der Waals surface area contributed by atoms with Crippen molar-refractivity contribution in [3.8, 4) is 17.0 Å². The van der Waals surface area contributed by atoms with E-state index in [0.717, 1.165) is 28.4 Å². The molecule has 0 amide bonds. The fourth-order valence-electron chi connectivity index (χ4n) is 2.05. The van der Waals surface area contributed by atoms with E-state index in [1.165, 1.54) is 6.07 Å². The fourth-order valence-corrected chi connectivity index (χ4v) is 2.05. The molecule has 1 aromatic heterocycles. The second-order valence-corrected chi connectivity index (χ2v) is 4.27. The Hall–Kier alpha value is -2.36. The minimum absolute atomic E-state index is 0.606. The molecule has 96 valence electrons. The normalized spacial score (nSPS) is 10.9. The van der Waals surface area contributed by atoms with Crippen LogP contribution in [0, 0.1) is 11.6 Å². The van der Waals surface area contributed by atoms with Crippen molar-refractivity contribution < 1.29 is 13.5 Å². The molecule has 0 bridgehead atoms. The van der Waals surface area contributed by atoms with Gasteiger partial charge in [0.1, 0.15) is 5.75 Å². The first kappa shape index (κ1) is 11.7. The van der Waals surface area contributed by atoms with Gasteiger partial charge in [-0.05, 0) is 36.4 Å². The zero-order valence-corrected chi connectivity index (χ0v) is 10.2. The molecule has 2 nitrogen and oxygen atoms in total. The smallest absolute Gasteiger partial charge is 0.159 e. The van der Waals surface area contributed by atoms with Crippen LogP contribution < -0.4 is 4.74 Å². The molecule has 0 saturated carbocycles. The third kappa shape index (κ3) is 2.05. The largest absolute Gasteiger partial charge is 0.497 e. The first-order chi connectivity index (χ1) is 9.17. The number of rotatable bonds is 2. The van der Waals surface area contributed by atoms with Crippen LogP contribution in [0.5, 0.6) is 5.75 Å². The molecule has 0 aliphatic rings. The number of hydrogen-bond donors (Lipinski definition) is 1. The molecule has 1 N–H and O–H groups in total. The zero-order valence-electron chi connectivity index (χ0n) is 10.2. The minimum Gasteiger partial charge on any atom is -0.497 e. The van der Waals surface area contributed by atoms with Crippen molar-refractivity contribution in [3.05, 3.63) is 54.1 Å². The van der Waals surface area contributed by atoms with Crippen molar-refractivity contribution in [1.29, 1.82) is 0 Å². The summed E-state index contributed by atoms with van der Waals surface area (Å²) in [4.78, 5) is 3.16. The highest BCUT2D eigenvalue weighted by Crippen LogP contribution is 2.27. The average Bonchev–Trinajstić information content (AvgIpc) is 2.84. The van der Waals surface area contributed by atoms with Gasteiger partial charge in [0.25, 0.3) is 0 Å². The quantitative estimate of drug-likeness (QED) is 0.735. The van der Waals surface area contributed by atoms with Crippen molar-refractivity contribution in [2.75, 3.05) is 7.11 Å². The van der Waals surface area contributed by atoms with Crippen LogP contribution in [0.25, 0.3) is 22.2 Å². The van der Waals surface area contributed by atoms with Crippen molar-refractivity contribution in [2.45, 2.75) is 0 Å². The van der Waals surface area contributed by atoms with Crippen molar-refractivity contribution in [3.63, 3.8) is 0 Å².